The van der Waals surface area contributed by atoms with Crippen LogP contribution in [0.1, 0.15) is 39.5 Å². The summed E-state index contributed by atoms with van der Waals surface area (Å²) < 4.78 is 0. The summed E-state index contributed by atoms with van der Waals surface area (Å²) in [6.07, 6.45) is 3.18. The van der Waals surface area contributed by atoms with Crippen LogP contribution >= 0.6 is 0 Å². The highest BCUT2D eigenvalue weighted by Gasteiger charge is 2.13. The normalized spacial score (nSPS) is 11.9. The van der Waals surface area contributed by atoms with Crippen LogP contribution in [0.25, 0.3) is 10.4 Å². The van der Waals surface area contributed by atoms with Crippen molar-refractivity contribution in [3.8, 4) is 0 Å². The Morgan fingerprint density at radius 1 is 1.47 bits per heavy atom. The molecule has 0 rings (SSSR count). The van der Waals surface area contributed by atoms with Crippen LogP contribution in [0.5, 0.6) is 0 Å². The zero-order chi connectivity index (χ0) is 11.5. The summed E-state index contributed by atoms with van der Waals surface area (Å²) in [4.78, 5) is 14.2. The number of hydrogen-bond donors (Lipinski definition) is 1. The summed E-state index contributed by atoms with van der Waals surface area (Å²) in [5.41, 5.74) is 8.08. The molecule has 0 bridgehead atoms. The van der Waals surface area contributed by atoms with Crippen LogP contribution < -0.4 is 5.32 Å². The molecule has 0 aliphatic carbocycles. The standard InChI is InChI=1S/C10H20N4O/c1-3-10(15)9(12-4-2)7-5-6-8-13-14-11/h9,12H,3-8H2,1-2H3/t9-/m0/s1. The fraction of sp³-hybridized carbons (Fsp3) is 0.900. The Morgan fingerprint density at radius 2 is 2.20 bits per heavy atom. The van der Waals surface area contributed by atoms with E-state index < -0.39 is 0 Å². The Kier molecular flexibility index (Phi) is 8.82. The van der Waals surface area contributed by atoms with Crippen molar-refractivity contribution < 1.29 is 4.79 Å². The maximum atomic E-state index is 11.5. The van der Waals surface area contributed by atoms with Gasteiger partial charge in [0.15, 0.2) is 0 Å². The largest absolute Gasteiger partial charge is 0.308 e. The highest BCUT2D eigenvalue weighted by atomic mass is 16.1. The summed E-state index contributed by atoms with van der Waals surface area (Å²) in [5.74, 6) is 0.264. The first-order valence-electron chi connectivity index (χ1n) is 5.53. The predicted octanol–water partition coefficient (Wildman–Crippen LogP) is 2.42. The maximum Gasteiger partial charge on any atom is 0.149 e. The topological polar surface area (TPSA) is 77.9 Å². The molecule has 5 nitrogen and oxygen atoms in total. The SMILES string of the molecule is CCN[C@@H](CCCCN=[N+]=[N-])C(=O)CC. The summed E-state index contributed by atoms with van der Waals surface area (Å²) in [6, 6.07) is -0.0222. The van der Waals surface area contributed by atoms with E-state index in [1.165, 1.54) is 0 Å². The lowest BCUT2D eigenvalue weighted by Crippen LogP contribution is -2.36. The van der Waals surface area contributed by atoms with Gasteiger partial charge in [0.05, 0.1) is 6.04 Å². The minimum Gasteiger partial charge on any atom is -0.308 e. The van der Waals surface area contributed by atoms with Crippen molar-refractivity contribution >= 4 is 5.78 Å². The Morgan fingerprint density at radius 3 is 2.73 bits per heavy atom. The van der Waals surface area contributed by atoms with E-state index in [1.807, 2.05) is 13.8 Å². The number of unbranched alkanes of at least 4 members (excludes halogenated alkanes) is 1. The second kappa shape index (κ2) is 9.49. The number of carbonyl (C=O) groups is 1. The summed E-state index contributed by atoms with van der Waals surface area (Å²) >= 11 is 0. The first-order chi connectivity index (χ1) is 7.26. The van der Waals surface area contributed by atoms with Crippen LogP contribution in [-0.2, 0) is 4.79 Å². The van der Waals surface area contributed by atoms with Gasteiger partial charge in [-0.2, -0.15) is 0 Å². The molecule has 0 aliphatic heterocycles. The molecule has 1 N–H and O–H groups in total. The number of nitrogens with zero attached hydrogens (tertiary/aromatic N) is 3. The molecule has 0 saturated carbocycles. The molecule has 0 aromatic carbocycles. The lowest BCUT2D eigenvalue weighted by atomic mass is 10.0. The fourth-order valence-electron chi connectivity index (χ4n) is 1.45. The molecule has 0 fully saturated rings. The number of hydrogen-bond acceptors (Lipinski definition) is 3. The Bertz CT molecular complexity index is 223. The maximum absolute atomic E-state index is 11.5. The molecule has 0 spiro atoms. The van der Waals surface area contributed by atoms with Crippen LogP contribution in [0, 0.1) is 0 Å². The zero-order valence-electron chi connectivity index (χ0n) is 9.57. The van der Waals surface area contributed by atoms with Gasteiger partial charge in [0.2, 0.25) is 0 Å². The Balaban J connectivity index is 3.75. The number of ketones is 1. The molecule has 0 aromatic heterocycles. The van der Waals surface area contributed by atoms with Gasteiger partial charge in [-0.25, -0.2) is 0 Å². The van der Waals surface area contributed by atoms with Gasteiger partial charge in [-0.15, -0.1) is 0 Å². The minimum atomic E-state index is -0.0222. The summed E-state index contributed by atoms with van der Waals surface area (Å²) in [7, 11) is 0. The molecular formula is C10H20N4O. The van der Waals surface area contributed by atoms with Gasteiger partial charge in [0, 0.05) is 17.9 Å². The van der Waals surface area contributed by atoms with Crippen LogP contribution in [0.2, 0.25) is 0 Å². The monoisotopic (exact) mass is 212 g/mol. The van der Waals surface area contributed by atoms with Gasteiger partial charge >= 0.3 is 0 Å². The van der Waals surface area contributed by atoms with Gasteiger partial charge in [-0.1, -0.05) is 25.4 Å². The second-order valence-corrected chi connectivity index (χ2v) is 3.38. The van der Waals surface area contributed by atoms with E-state index >= 15 is 0 Å². The number of rotatable bonds is 9. The van der Waals surface area contributed by atoms with Crippen LogP contribution in [0.3, 0.4) is 0 Å². The summed E-state index contributed by atoms with van der Waals surface area (Å²) in [6.45, 7) is 5.21. The van der Waals surface area contributed by atoms with Crippen molar-refractivity contribution in [1.82, 2.24) is 5.32 Å². The molecule has 5 heteroatoms. The van der Waals surface area contributed by atoms with Gasteiger partial charge < -0.3 is 5.32 Å². The molecule has 1 atom stereocenters. The van der Waals surface area contributed by atoms with Gasteiger partial charge in [-0.05, 0) is 24.9 Å². The van der Waals surface area contributed by atoms with E-state index in [-0.39, 0.29) is 11.8 Å². The third-order valence-corrected chi connectivity index (χ3v) is 2.25. The molecule has 0 heterocycles. The Hall–Kier alpha value is -1.06. The molecule has 0 radical (unpaired) electrons. The average molecular weight is 212 g/mol. The lowest BCUT2D eigenvalue weighted by molar-refractivity contribution is -0.120. The molecular weight excluding hydrogens is 192 g/mol. The number of carbonyl (C=O) groups excluding carboxylic acids is 1. The summed E-state index contributed by atoms with van der Waals surface area (Å²) in [5, 5.41) is 6.63. The van der Waals surface area contributed by atoms with Crippen LogP contribution in [0.15, 0.2) is 5.11 Å². The first-order valence-corrected chi connectivity index (χ1v) is 5.53. The van der Waals surface area contributed by atoms with Gasteiger partial charge in [0.25, 0.3) is 0 Å². The smallest absolute Gasteiger partial charge is 0.149 e. The van der Waals surface area contributed by atoms with E-state index in [4.69, 9.17) is 5.53 Å². The van der Waals surface area contributed by atoms with Gasteiger partial charge in [-0.3, -0.25) is 4.79 Å². The number of azide groups is 1. The van der Waals surface area contributed by atoms with E-state index in [0.717, 1.165) is 25.8 Å². The van der Waals surface area contributed by atoms with Crippen molar-refractivity contribution in [1.29, 1.82) is 0 Å². The molecule has 0 saturated heterocycles. The van der Waals surface area contributed by atoms with Crippen LogP contribution in [0.4, 0.5) is 0 Å². The van der Waals surface area contributed by atoms with Crippen LogP contribution in [-0.4, -0.2) is 24.9 Å². The third-order valence-electron chi connectivity index (χ3n) is 2.25. The molecule has 0 unspecified atom stereocenters. The predicted molar refractivity (Wildman–Crippen MR) is 60.6 cm³/mol. The fourth-order valence-corrected chi connectivity index (χ4v) is 1.45. The van der Waals surface area contributed by atoms with E-state index in [2.05, 4.69) is 15.3 Å². The van der Waals surface area contributed by atoms with E-state index in [1.54, 1.807) is 0 Å². The van der Waals surface area contributed by atoms with Crippen molar-refractivity contribution in [2.24, 2.45) is 5.11 Å². The van der Waals surface area contributed by atoms with E-state index in [9.17, 15) is 4.79 Å². The highest BCUT2D eigenvalue weighted by molar-refractivity contribution is 5.83. The number of nitrogens with one attached hydrogen (secondary N) is 1. The third kappa shape index (κ3) is 6.94. The van der Waals surface area contributed by atoms with E-state index in [0.29, 0.717) is 13.0 Å². The quantitative estimate of drug-likeness (QED) is 0.276. The number of Topliss-reactive ketones (excluding diaryl/α,β-unsaturated/α-hetero) is 1. The molecule has 0 aromatic rings. The highest BCUT2D eigenvalue weighted by Crippen LogP contribution is 2.04. The van der Waals surface area contributed by atoms with Crippen molar-refractivity contribution in [2.45, 2.75) is 45.6 Å². The van der Waals surface area contributed by atoms with Crippen molar-refractivity contribution in [3.63, 3.8) is 0 Å². The Labute approximate surface area is 90.9 Å². The van der Waals surface area contributed by atoms with Crippen molar-refractivity contribution in [3.05, 3.63) is 10.4 Å². The molecule has 0 aliphatic rings. The zero-order valence-corrected chi connectivity index (χ0v) is 9.57. The minimum absolute atomic E-state index is 0.0222. The van der Waals surface area contributed by atoms with Crippen molar-refractivity contribution in [2.75, 3.05) is 13.1 Å². The van der Waals surface area contributed by atoms with Gasteiger partial charge in [0.1, 0.15) is 5.78 Å². The average Bonchev–Trinajstić information content (AvgIpc) is 2.26. The molecule has 0 amide bonds. The lowest BCUT2D eigenvalue weighted by Gasteiger charge is -2.15. The molecule has 15 heavy (non-hydrogen) atoms. The second-order valence-electron chi connectivity index (χ2n) is 3.38. The first kappa shape index (κ1) is 13.9. The molecule has 86 valence electrons. The number of likely N-dealkylation sites (N-methyl/N-ethyl adjacent to an activating group) is 1.